The molecule has 2 heterocycles. The van der Waals surface area contributed by atoms with E-state index in [1.807, 2.05) is 0 Å². The van der Waals surface area contributed by atoms with E-state index in [1.165, 1.54) is 10.6 Å². The highest BCUT2D eigenvalue weighted by molar-refractivity contribution is 7.88. The van der Waals surface area contributed by atoms with Crippen LogP contribution in [0.5, 0.6) is 0 Å². The fourth-order valence-corrected chi connectivity index (χ4v) is 2.67. The van der Waals surface area contributed by atoms with Gasteiger partial charge in [-0.1, -0.05) is 6.07 Å². The van der Waals surface area contributed by atoms with Gasteiger partial charge in [-0.25, -0.2) is 18.2 Å². The Hall–Kier alpha value is -1.67. The maximum Gasteiger partial charge on any atom is 0.323 e. The Morgan fingerprint density at radius 3 is 2.47 bits per heavy atom. The molecular formula is C11H16N4O3S. The number of hydrogen-bond donors (Lipinski definition) is 1. The molecular weight excluding hydrogens is 268 g/mol. The third-order valence-corrected chi connectivity index (χ3v) is 4.20. The van der Waals surface area contributed by atoms with Crippen molar-refractivity contribution in [2.75, 3.05) is 37.8 Å². The van der Waals surface area contributed by atoms with Crippen LogP contribution in [0.4, 0.5) is 10.6 Å². The lowest BCUT2D eigenvalue weighted by Gasteiger charge is -2.33. The molecule has 2 amide bonds. The number of carbonyl (C=O) groups is 1. The molecule has 0 spiro atoms. The molecule has 0 bridgehead atoms. The molecule has 104 valence electrons. The Labute approximate surface area is 112 Å². The van der Waals surface area contributed by atoms with Crippen molar-refractivity contribution in [2.45, 2.75) is 0 Å². The van der Waals surface area contributed by atoms with Crippen LogP contribution in [0.2, 0.25) is 0 Å². The highest BCUT2D eigenvalue weighted by Gasteiger charge is 2.25. The molecule has 1 saturated heterocycles. The SMILES string of the molecule is CS(=O)(=O)N1CCN(C(=O)Nc2ccccn2)CC1. The average Bonchev–Trinajstić information content (AvgIpc) is 2.39. The molecule has 0 aromatic carbocycles. The summed E-state index contributed by atoms with van der Waals surface area (Å²) in [5.41, 5.74) is 0. The highest BCUT2D eigenvalue weighted by atomic mass is 32.2. The van der Waals surface area contributed by atoms with Gasteiger partial charge in [-0.15, -0.1) is 0 Å². The predicted molar refractivity (Wildman–Crippen MR) is 71.2 cm³/mol. The molecule has 1 aliphatic rings. The van der Waals surface area contributed by atoms with Gasteiger partial charge in [-0.3, -0.25) is 5.32 Å². The summed E-state index contributed by atoms with van der Waals surface area (Å²) in [6.45, 7) is 1.42. The second kappa shape index (κ2) is 5.54. The summed E-state index contributed by atoms with van der Waals surface area (Å²) in [4.78, 5) is 17.5. The van der Waals surface area contributed by atoms with Gasteiger partial charge >= 0.3 is 6.03 Å². The topological polar surface area (TPSA) is 82.6 Å². The van der Waals surface area contributed by atoms with Crippen molar-refractivity contribution in [1.82, 2.24) is 14.2 Å². The molecule has 0 saturated carbocycles. The molecule has 0 aliphatic carbocycles. The van der Waals surface area contributed by atoms with Crippen molar-refractivity contribution >= 4 is 21.9 Å². The van der Waals surface area contributed by atoms with Gasteiger partial charge in [-0.05, 0) is 12.1 Å². The molecule has 2 rings (SSSR count). The maximum absolute atomic E-state index is 11.9. The summed E-state index contributed by atoms with van der Waals surface area (Å²) < 4.78 is 24.1. The number of carbonyl (C=O) groups excluding carboxylic acids is 1. The second-order valence-corrected chi connectivity index (χ2v) is 6.28. The molecule has 19 heavy (non-hydrogen) atoms. The molecule has 8 heteroatoms. The van der Waals surface area contributed by atoms with Crippen LogP contribution < -0.4 is 5.32 Å². The van der Waals surface area contributed by atoms with Crippen LogP contribution in [0.25, 0.3) is 0 Å². The Morgan fingerprint density at radius 1 is 1.26 bits per heavy atom. The third kappa shape index (κ3) is 3.65. The molecule has 1 aromatic heterocycles. The number of aromatic nitrogens is 1. The zero-order valence-corrected chi connectivity index (χ0v) is 11.4. The van der Waals surface area contributed by atoms with Crippen LogP contribution in [0, 0.1) is 0 Å². The van der Waals surface area contributed by atoms with Crippen molar-refractivity contribution in [2.24, 2.45) is 0 Å². The Bertz CT molecular complexity index is 538. The predicted octanol–water partition coefficient (Wildman–Crippen LogP) is 0.191. The summed E-state index contributed by atoms with van der Waals surface area (Å²) in [7, 11) is -3.17. The quantitative estimate of drug-likeness (QED) is 0.840. The van der Waals surface area contributed by atoms with Gasteiger partial charge in [0.15, 0.2) is 0 Å². The van der Waals surface area contributed by atoms with E-state index in [1.54, 1.807) is 29.3 Å². The van der Waals surface area contributed by atoms with E-state index in [2.05, 4.69) is 10.3 Å². The highest BCUT2D eigenvalue weighted by Crippen LogP contribution is 2.08. The maximum atomic E-state index is 11.9. The number of sulfonamides is 1. The third-order valence-electron chi connectivity index (χ3n) is 2.89. The average molecular weight is 284 g/mol. The molecule has 1 aromatic rings. The standard InChI is InChI=1S/C11H16N4O3S/c1-19(17,18)15-8-6-14(7-9-15)11(16)13-10-4-2-3-5-12-10/h2-5H,6-9H2,1H3,(H,12,13,16). The van der Waals surface area contributed by atoms with Gasteiger partial charge in [0.05, 0.1) is 6.26 Å². The lowest BCUT2D eigenvalue weighted by Crippen LogP contribution is -2.51. The smallest absolute Gasteiger partial charge is 0.322 e. The summed E-state index contributed by atoms with van der Waals surface area (Å²) in [5, 5.41) is 2.67. The summed E-state index contributed by atoms with van der Waals surface area (Å²) in [6.07, 6.45) is 2.77. The minimum absolute atomic E-state index is 0.258. The number of hydrogen-bond acceptors (Lipinski definition) is 4. The largest absolute Gasteiger partial charge is 0.323 e. The normalized spacial score (nSPS) is 17.2. The van der Waals surface area contributed by atoms with E-state index in [0.717, 1.165) is 0 Å². The number of nitrogens with zero attached hydrogens (tertiary/aromatic N) is 3. The summed E-state index contributed by atoms with van der Waals surface area (Å²) in [6, 6.07) is 4.99. The van der Waals surface area contributed by atoms with E-state index in [9.17, 15) is 13.2 Å². The first-order chi connectivity index (χ1) is 8.97. The van der Waals surface area contributed by atoms with Crippen LogP contribution in [-0.2, 0) is 10.0 Å². The summed E-state index contributed by atoms with van der Waals surface area (Å²) >= 11 is 0. The molecule has 7 nitrogen and oxygen atoms in total. The number of urea groups is 1. The molecule has 1 fully saturated rings. The van der Waals surface area contributed by atoms with Gasteiger partial charge in [-0.2, -0.15) is 4.31 Å². The van der Waals surface area contributed by atoms with E-state index in [0.29, 0.717) is 32.0 Å². The van der Waals surface area contributed by atoms with Gasteiger partial charge < -0.3 is 4.90 Å². The van der Waals surface area contributed by atoms with E-state index < -0.39 is 10.0 Å². The minimum Gasteiger partial charge on any atom is -0.322 e. The van der Waals surface area contributed by atoms with Crippen LogP contribution in [0.3, 0.4) is 0 Å². The Balaban J connectivity index is 1.90. The minimum atomic E-state index is -3.17. The lowest BCUT2D eigenvalue weighted by atomic mass is 10.4. The first-order valence-corrected chi connectivity index (χ1v) is 7.74. The number of rotatable bonds is 2. The number of amides is 2. The fraction of sp³-hybridized carbons (Fsp3) is 0.455. The van der Waals surface area contributed by atoms with Crippen molar-refractivity contribution < 1.29 is 13.2 Å². The Morgan fingerprint density at radius 2 is 1.95 bits per heavy atom. The Kier molecular flexibility index (Phi) is 4.01. The zero-order chi connectivity index (χ0) is 13.9. The van der Waals surface area contributed by atoms with E-state index >= 15 is 0 Å². The van der Waals surface area contributed by atoms with Gasteiger partial charge in [0, 0.05) is 32.4 Å². The molecule has 0 radical (unpaired) electrons. The van der Waals surface area contributed by atoms with Crippen LogP contribution in [0.15, 0.2) is 24.4 Å². The van der Waals surface area contributed by atoms with Gasteiger partial charge in [0.1, 0.15) is 5.82 Å². The molecule has 0 unspecified atom stereocenters. The van der Waals surface area contributed by atoms with Crippen LogP contribution in [0.1, 0.15) is 0 Å². The zero-order valence-electron chi connectivity index (χ0n) is 10.6. The van der Waals surface area contributed by atoms with Gasteiger partial charge in [0.25, 0.3) is 0 Å². The first-order valence-electron chi connectivity index (χ1n) is 5.89. The fourth-order valence-electron chi connectivity index (χ4n) is 1.85. The van der Waals surface area contributed by atoms with Gasteiger partial charge in [0.2, 0.25) is 10.0 Å². The van der Waals surface area contributed by atoms with Crippen molar-refractivity contribution in [3.05, 3.63) is 24.4 Å². The lowest BCUT2D eigenvalue weighted by molar-refractivity contribution is 0.184. The second-order valence-electron chi connectivity index (χ2n) is 4.29. The molecule has 0 atom stereocenters. The monoisotopic (exact) mass is 284 g/mol. The first kappa shape index (κ1) is 13.8. The number of piperazine rings is 1. The van der Waals surface area contributed by atoms with Crippen molar-refractivity contribution in [3.8, 4) is 0 Å². The van der Waals surface area contributed by atoms with Crippen LogP contribution in [-0.4, -0.2) is 61.1 Å². The number of anilines is 1. The van der Waals surface area contributed by atoms with E-state index in [-0.39, 0.29) is 6.03 Å². The van der Waals surface area contributed by atoms with E-state index in [4.69, 9.17) is 0 Å². The van der Waals surface area contributed by atoms with Crippen molar-refractivity contribution in [1.29, 1.82) is 0 Å². The number of pyridine rings is 1. The molecule has 1 N–H and O–H groups in total. The van der Waals surface area contributed by atoms with Crippen molar-refractivity contribution in [3.63, 3.8) is 0 Å². The van der Waals surface area contributed by atoms with Crippen LogP contribution >= 0.6 is 0 Å². The molecule has 1 aliphatic heterocycles. The summed E-state index contributed by atoms with van der Waals surface area (Å²) in [5.74, 6) is 0.484. The number of nitrogens with one attached hydrogen (secondary N) is 1.